The van der Waals surface area contributed by atoms with Gasteiger partial charge in [-0.15, -0.1) is 0 Å². The SMILES string of the molecule is CC(=O)COc1ccc2c(c1)NC(=O)CC2. The third-order valence-corrected chi connectivity index (χ3v) is 2.42. The second kappa shape index (κ2) is 4.35. The Bertz CT molecular complexity index is 440. The van der Waals surface area contributed by atoms with Gasteiger partial charge < -0.3 is 10.1 Å². The Morgan fingerprint density at radius 3 is 3.00 bits per heavy atom. The lowest BCUT2D eigenvalue weighted by Gasteiger charge is -2.17. The number of rotatable bonds is 3. The minimum Gasteiger partial charge on any atom is -0.486 e. The average molecular weight is 219 g/mol. The highest BCUT2D eigenvalue weighted by atomic mass is 16.5. The molecule has 1 amide bonds. The van der Waals surface area contributed by atoms with Gasteiger partial charge in [0.25, 0.3) is 0 Å². The molecule has 2 rings (SSSR count). The molecule has 0 atom stereocenters. The number of fused-ring (bicyclic) bond motifs is 1. The first-order valence-corrected chi connectivity index (χ1v) is 5.20. The number of nitrogens with one attached hydrogen (secondary N) is 1. The molecule has 1 N–H and O–H groups in total. The van der Waals surface area contributed by atoms with Crippen molar-refractivity contribution >= 4 is 17.4 Å². The molecule has 0 unspecified atom stereocenters. The number of anilines is 1. The van der Waals surface area contributed by atoms with E-state index in [0.717, 1.165) is 17.7 Å². The second-order valence-electron chi connectivity index (χ2n) is 3.86. The molecular weight excluding hydrogens is 206 g/mol. The number of hydrogen-bond donors (Lipinski definition) is 1. The fourth-order valence-corrected chi connectivity index (χ4v) is 1.63. The zero-order chi connectivity index (χ0) is 11.5. The van der Waals surface area contributed by atoms with Gasteiger partial charge in [-0.25, -0.2) is 0 Å². The van der Waals surface area contributed by atoms with Gasteiger partial charge >= 0.3 is 0 Å². The molecule has 0 saturated heterocycles. The number of carbonyl (C=O) groups is 2. The Hall–Kier alpha value is -1.84. The Morgan fingerprint density at radius 2 is 2.25 bits per heavy atom. The molecular formula is C12H13NO3. The van der Waals surface area contributed by atoms with Crippen molar-refractivity contribution in [2.24, 2.45) is 0 Å². The monoisotopic (exact) mass is 219 g/mol. The summed E-state index contributed by atoms with van der Waals surface area (Å²) < 4.78 is 5.27. The molecule has 1 heterocycles. The lowest BCUT2D eigenvalue weighted by Crippen LogP contribution is -2.19. The fourth-order valence-electron chi connectivity index (χ4n) is 1.63. The number of carbonyl (C=O) groups excluding carboxylic acids is 2. The molecule has 0 aliphatic carbocycles. The van der Waals surface area contributed by atoms with E-state index >= 15 is 0 Å². The predicted molar refractivity (Wildman–Crippen MR) is 59.6 cm³/mol. The van der Waals surface area contributed by atoms with Crippen LogP contribution in [-0.2, 0) is 16.0 Å². The van der Waals surface area contributed by atoms with E-state index in [2.05, 4.69) is 5.32 Å². The topological polar surface area (TPSA) is 55.4 Å². The van der Waals surface area contributed by atoms with Crippen LogP contribution in [0.5, 0.6) is 5.75 Å². The first-order valence-electron chi connectivity index (χ1n) is 5.20. The summed E-state index contributed by atoms with van der Waals surface area (Å²) >= 11 is 0. The maximum Gasteiger partial charge on any atom is 0.224 e. The molecule has 84 valence electrons. The smallest absolute Gasteiger partial charge is 0.224 e. The summed E-state index contributed by atoms with van der Waals surface area (Å²) in [6.45, 7) is 1.53. The fraction of sp³-hybridized carbons (Fsp3) is 0.333. The summed E-state index contributed by atoms with van der Waals surface area (Å²) in [6, 6.07) is 5.50. The van der Waals surface area contributed by atoms with Crippen LogP contribution in [0.15, 0.2) is 18.2 Å². The highest BCUT2D eigenvalue weighted by Gasteiger charge is 2.14. The van der Waals surface area contributed by atoms with E-state index in [-0.39, 0.29) is 18.3 Å². The van der Waals surface area contributed by atoms with Crippen LogP contribution >= 0.6 is 0 Å². The van der Waals surface area contributed by atoms with E-state index in [1.807, 2.05) is 12.1 Å². The van der Waals surface area contributed by atoms with E-state index < -0.39 is 0 Å². The predicted octanol–water partition coefficient (Wildman–Crippen LogP) is 1.54. The summed E-state index contributed by atoms with van der Waals surface area (Å²) in [7, 11) is 0. The summed E-state index contributed by atoms with van der Waals surface area (Å²) in [5.41, 5.74) is 1.90. The molecule has 4 nitrogen and oxygen atoms in total. The molecule has 1 aromatic carbocycles. The Kier molecular flexibility index (Phi) is 2.90. The largest absolute Gasteiger partial charge is 0.486 e. The molecule has 0 radical (unpaired) electrons. The number of amides is 1. The Balaban J connectivity index is 2.14. The van der Waals surface area contributed by atoms with Crippen molar-refractivity contribution < 1.29 is 14.3 Å². The maximum atomic E-state index is 11.2. The molecule has 0 spiro atoms. The van der Waals surface area contributed by atoms with Crippen molar-refractivity contribution in [2.45, 2.75) is 19.8 Å². The normalized spacial score (nSPS) is 13.9. The molecule has 4 heteroatoms. The summed E-state index contributed by atoms with van der Waals surface area (Å²) in [6.07, 6.45) is 1.29. The van der Waals surface area contributed by atoms with Crippen molar-refractivity contribution in [1.29, 1.82) is 0 Å². The molecule has 1 aliphatic rings. The molecule has 0 saturated carbocycles. The van der Waals surface area contributed by atoms with Crippen LogP contribution < -0.4 is 10.1 Å². The second-order valence-corrected chi connectivity index (χ2v) is 3.86. The van der Waals surface area contributed by atoms with Crippen LogP contribution in [0.2, 0.25) is 0 Å². The van der Waals surface area contributed by atoms with Gasteiger partial charge in [-0.3, -0.25) is 9.59 Å². The maximum absolute atomic E-state index is 11.2. The van der Waals surface area contributed by atoms with E-state index in [4.69, 9.17) is 4.74 Å². The van der Waals surface area contributed by atoms with Gasteiger partial charge in [-0.2, -0.15) is 0 Å². The number of ether oxygens (including phenoxy) is 1. The van der Waals surface area contributed by atoms with Crippen molar-refractivity contribution in [1.82, 2.24) is 0 Å². The van der Waals surface area contributed by atoms with Crippen LogP contribution in [-0.4, -0.2) is 18.3 Å². The summed E-state index contributed by atoms with van der Waals surface area (Å²) in [4.78, 5) is 22.0. The number of Topliss-reactive ketones (excluding diaryl/α,β-unsaturated/α-hetero) is 1. The van der Waals surface area contributed by atoms with Crippen LogP contribution in [0, 0.1) is 0 Å². The number of ketones is 1. The van der Waals surface area contributed by atoms with Crippen molar-refractivity contribution in [3.63, 3.8) is 0 Å². The molecule has 1 aliphatic heterocycles. The van der Waals surface area contributed by atoms with E-state index in [1.165, 1.54) is 6.92 Å². The minimum atomic E-state index is -0.0262. The Morgan fingerprint density at radius 1 is 1.44 bits per heavy atom. The molecule has 1 aromatic rings. The molecule has 0 fully saturated rings. The van der Waals surface area contributed by atoms with E-state index in [0.29, 0.717) is 12.2 Å². The third kappa shape index (κ3) is 2.39. The highest BCUT2D eigenvalue weighted by molar-refractivity contribution is 5.94. The van der Waals surface area contributed by atoms with Gasteiger partial charge in [0.2, 0.25) is 5.91 Å². The van der Waals surface area contributed by atoms with Gasteiger partial charge in [0.05, 0.1) is 0 Å². The molecule has 0 aromatic heterocycles. The lowest BCUT2D eigenvalue weighted by atomic mass is 10.0. The van der Waals surface area contributed by atoms with Crippen LogP contribution in [0.1, 0.15) is 18.9 Å². The number of benzene rings is 1. The summed E-state index contributed by atoms with van der Waals surface area (Å²) in [5, 5.41) is 2.78. The number of hydrogen-bond acceptors (Lipinski definition) is 3. The average Bonchev–Trinajstić information content (AvgIpc) is 2.25. The van der Waals surface area contributed by atoms with Crippen LogP contribution in [0.4, 0.5) is 5.69 Å². The van der Waals surface area contributed by atoms with Crippen LogP contribution in [0.25, 0.3) is 0 Å². The molecule has 0 bridgehead atoms. The van der Waals surface area contributed by atoms with Crippen LogP contribution in [0.3, 0.4) is 0 Å². The molecule has 16 heavy (non-hydrogen) atoms. The number of aryl methyl sites for hydroxylation is 1. The highest BCUT2D eigenvalue weighted by Crippen LogP contribution is 2.26. The first kappa shape index (κ1) is 10.7. The van der Waals surface area contributed by atoms with Gasteiger partial charge in [0.1, 0.15) is 12.4 Å². The van der Waals surface area contributed by atoms with Gasteiger partial charge in [0, 0.05) is 18.2 Å². The van der Waals surface area contributed by atoms with Crippen molar-refractivity contribution in [3.8, 4) is 5.75 Å². The quantitative estimate of drug-likeness (QED) is 0.838. The first-order chi connectivity index (χ1) is 7.65. The van der Waals surface area contributed by atoms with E-state index in [1.54, 1.807) is 6.07 Å². The van der Waals surface area contributed by atoms with Gasteiger partial charge in [0.15, 0.2) is 5.78 Å². The van der Waals surface area contributed by atoms with Crippen molar-refractivity contribution in [3.05, 3.63) is 23.8 Å². The third-order valence-electron chi connectivity index (χ3n) is 2.42. The Labute approximate surface area is 93.6 Å². The van der Waals surface area contributed by atoms with E-state index in [9.17, 15) is 9.59 Å². The zero-order valence-electron chi connectivity index (χ0n) is 9.08. The van der Waals surface area contributed by atoms with Gasteiger partial charge in [-0.1, -0.05) is 6.07 Å². The lowest BCUT2D eigenvalue weighted by molar-refractivity contribution is -0.119. The zero-order valence-corrected chi connectivity index (χ0v) is 9.08. The van der Waals surface area contributed by atoms with Crippen molar-refractivity contribution in [2.75, 3.05) is 11.9 Å². The standard InChI is InChI=1S/C12H13NO3/c1-8(14)7-16-10-4-2-9-3-5-12(15)13-11(9)6-10/h2,4,6H,3,5,7H2,1H3,(H,13,15). The summed E-state index contributed by atoms with van der Waals surface area (Å²) in [5.74, 6) is 0.606. The minimum absolute atomic E-state index is 0.0243. The van der Waals surface area contributed by atoms with Gasteiger partial charge in [-0.05, 0) is 25.0 Å².